The highest BCUT2D eigenvalue weighted by molar-refractivity contribution is 5.93. The highest BCUT2D eigenvalue weighted by atomic mass is 19.1. The Balaban J connectivity index is 0.000000213. The summed E-state index contributed by atoms with van der Waals surface area (Å²) in [4.78, 5) is 66.0. The minimum absolute atomic E-state index is 0.0127. The van der Waals surface area contributed by atoms with Crippen LogP contribution in [0, 0.1) is 23.5 Å². The smallest absolute Gasteiger partial charge is 0.267 e. The van der Waals surface area contributed by atoms with E-state index < -0.39 is 29.4 Å². The van der Waals surface area contributed by atoms with Gasteiger partial charge >= 0.3 is 0 Å². The van der Waals surface area contributed by atoms with Gasteiger partial charge in [0.1, 0.15) is 28.7 Å². The molecule has 0 aliphatic heterocycles. The summed E-state index contributed by atoms with van der Waals surface area (Å²) in [6.45, 7) is 15.1. The second-order valence-electron chi connectivity index (χ2n) is 15.8. The molecular weight excluding hydrogens is 831 g/mol. The maximum atomic E-state index is 13.9. The molecule has 3 amide bonds. The van der Waals surface area contributed by atoms with Gasteiger partial charge in [0.15, 0.2) is 0 Å². The molecule has 3 aromatic heterocycles. The first-order valence-corrected chi connectivity index (χ1v) is 21.2. The zero-order chi connectivity index (χ0) is 47.8. The van der Waals surface area contributed by atoms with Crippen molar-refractivity contribution in [2.45, 2.75) is 48.0 Å². The lowest BCUT2D eigenvalue weighted by molar-refractivity contribution is 0.0987. The molecule has 0 unspecified atom stereocenters. The van der Waals surface area contributed by atoms with Crippen LogP contribution >= 0.6 is 0 Å². The molecule has 17 heteroatoms. The Morgan fingerprint density at radius 3 is 1.34 bits per heavy atom. The Morgan fingerprint density at radius 2 is 0.938 bits per heavy atom. The van der Waals surface area contributed by atoms with Crippen LogP contribution < -0.4 is 31.9 Å². The summed E-state index contributed by atoms with van der Waals surface area (Å²) in [5, 5.41) is 0. The van der Waals surface area contributed by atoms with Gasteiger partial charge in [-0.25, -0.2) is 38.7 Å². The number of nitrogens with two attached hydrogens (primary N) is 3. The van der Waals surface area contributed by atoms with Crippen molar-refractivity contribution in [3.05, 3.63) is 126 Å². The zero-order valence-corrected chi connectivity index (χ0v) is 38.2. The van der Waals surface area contributed by atoms with Gasteiger partial charge in [-0.05, 0) is 62.4 Å². The lowest BCUT2D eigenvalue weighted by Gasteiger charge is -2.20. The van der Waals surface area contributed by atoms with Gasteiger partial charge in [-0.3, -0.25) is 14.4 Å². The van der Waals surface area contributed by atoms with E-state index in [2.05, 4.69) is 57.6 Å². The summed E-state index contributed by atoms with van der Waals surface area (Å²) in [5.74, 6) is -1.10. The van der Waals surface area contributed by atoms with Crippen molar-refractivity contribution >= 4 is 35.6 Å². The number of nitrogens with zero attached hydrogens (tertiary/aromatic N) is 9. The molecule has 0 aliphatic rings. The maximum Gasteiger partial charge on any atom is 0.267 e. The van der Waals surface area contributed by atoms with Gasteiger partial charge in [-0.1, -0.05) is 94.4 Å². The number of rotatable bonds is 16. The lowest BCUT2D eigenvalue weighted by Crippen LogP contribution is -2.26. The second-order valence-corrected chi connectivity index (χ2v) is 15.8. The molecule has 15 nitrogen and oxygen atoms in total. The predicted molar refractivity (Wildman–Crippen MR) is 252 cm³/mol. The minimum Gasteiger partial charge on any atom is -0.364 e. The fourth-order valence-corrected chi connectivity index (χ4v) is 6.24. The number of primary amides is 3. The highest BCUT2D eigenvalue weighted by Crippen LogP contribution is 2.27. The van der Waals surface area contributed by atoms with Gasteiger partial charge in [0, 0.05) is 51.4 Å². The number of aromatic nitrogens is 6. The standard InChI is InChI=1S/C17H22N4O.C16H20N4O.C15H16F2N4O/c1-12(2)9-10-21(3)17-19-14(11-15(20-17)16(18)22)13-7-5-4-6-8-13;1-11(2)10-20(3)16-18-13(9-14(19-16)15(17)21)12-7-5-4-6-8-12;1-3-21(4-2)15-19-11(8-12(20-15)14(18)22)13-9(16)6-5-7-10(13)17/h4-8,11-12H,9-10H2,1-3H3,(H2,18,22);4-9,11H,10H2,1-3H3,(H2,17,21);5-8H,3-4H2,1-2H3,(H2,18,22). The largest absolute Gasteiger partial charge is 0.364 e. The number of hydrogen-bond acceptors (Lipinski definition) is 12. The van der Waals surface area contributed by atoms with Gasteiger partial charge < -0.3 is 31.9 Å². The van der Waals surface area contributed by atoms with E-state index in [-0.39, 0.29) is 34.3 Å². The molecule has 65 heavy (non-hydrogen) atoms. The van der Waals surface area contributed by atoms with Crippen LogP contribution in [0.15, 0.2) is 97.1 Å². The van der Waals surface area contributed by atoms with Gasteiger partial charge in [-0.15, -0.1) is 0 Å². The third-order valence-corrected chi connectivity index (χ3v) is 9.67. The molecule has 0 atom stereocenters. The Hall–Kier alpha value is -7.43. The average molecular weight is 889 g/mol. The van der Waals surface area contributed by atoms with Crippen molar-refractivity contribution in [3.8, 4) is 33.8 Å². The molecule has 0 spiro atoms. The van der Waals surface area contributed by atoms with E-state index in [9.17, 15) is 23.2 Å². The first kappa shape index (κ1) is 50.2. The maximum absolute atomic E-state index is 13.9. The average Bonchev–Trinajstić information content (AvgIpc) is 3.29. The number of benzene rings is 3. The molecule has 0 saturated heterocycles. The van der Waals surface area contributed by atoms with Crippen LogP contribution in [0.2, 0.25) is 0 Å². The fourth-order valence-electron chi connectivity index (χ4n) is 6.24. The van der Waals surface area contributed by atoms with Crippen LogP contribution in [0.3, 0.4) is 0 Å². The highest BCUT2D eigenvalue weighted by Gasteiger charge is 2.19. The fraction of sp³-hybridized carbons (Fsp3) is 0.312. The molecule has 0 fully saturated rings. The molecule has 0 bridgehead atoms. The Labute approximate surface area is 379 Å². The van der Waals surface area contributed by atoms with Crippen LogP contribution in [0.25, 0.3) is 33.8 Å². The Morgan fingerprint density at radius 1 is 0.538 bits per heavy atom. The summed E-state index contributed by atoms with van der Waals surface area (Å²) in [6, 6.07) is 27.4. The van der Waals surface area contributed by atoms with Crippen LogP contribution in [-0.2, 0) is 0 Å². The Bertz CT molecular complexity index is 2500. The third kappa shape index (κ3) is 14.6. The molecule has 6 rings (SSSR count). The first-order chi connectivity index (χ1) is 30.9. The van der Waals surface area contributed by atoms with E-state index in [0.717, 1.165) is 42.8 Å². The normalized spacial score (nSPS) is 10.6. The summed E-state index contributed by atoms with van der Waals surface area (Å²) in [5.41, 5.74) is 19.4. The van der Waals surface area contributed by atoms with Gasteiger partial charge in [0.05, 0.1) is 22.6 Å². The molecule has 0 aliphatic carbocycles. The first-order valence-electron chi connectivity index (χ1n) is 21.2. The monoisotopic (exact) mass is 888 g/mol. The zero-order valence-electron chi connectivity index (χ0n) is 38.2. The van der Waals surface area contributed by atoms with Crippen molar-refractivity contribution in [1.29, 1.82) is 0 Å². The van der Waals surface area contributed by atoms with E-state index >= 15 is 0 Å². The van der Waals surface area contributed by atoms with Gasteiger partial charge in [0.2, 0.25) is 17.8 Å². The second kappa shape index (κ2) is 23.9. The van der Waals surface area contributed by atoms with Gasteiger partial charge in [-0.2, -0.15) is 0 Å². The summed E-state index contributed by atoms with van der Waals surface area (Å²) in [6.07, 6.45) is 1.03. The molecular formula is C48H58F2N12O3. The van der Waals surface area contributed by atoms with E-state index in [1.807, 2.05) is 98.4 Å². The van der Waals surface area contributed by atoms with Crippen molar-refractivity contribution in [1.82, 2.24) is 29.9 Å². The van der Waals surface area contributed by atoms with Crippen LogP contribution in [0.5, 0.6) is 0 Å². The topological polar surface area (TPSA) is 216 Å². The van der Waals surface area contributed by atoms with Crippen molar-refractivity contribution in [2.24, 2.45) is 29.0 Å². The molecule has 0 radical (unpaired) electrons. The van der Waals surface area contributed by atoms with Crippen LogP contribution in [0.4, 0.5) is 26.6 Å². The predicted octanol–water partition coefficient (Wildman–Crippen LogP) is 7.43. The quantitative estimate of drug-likeness (QED) is 0.0865. The molecule has 6 aromatic rings. The van der Waals surface area contributed by atoms with E-state index in [0.29, 0.717) is 48.2 Å². The van der Waals surface area contributed by atoms with Crippen LogP contribution in [-0.4, -0.2) is 87.9 Å². The van der Waals surface area contributed by atoms with Gasteiger partial charge in [0.25, 0.3) is 17.7 Å². The van der Waals surface area contributed by atoms with Crippen molar-refractivity contribution < 1.29 is 23.2 Å². The Kier molecular flexibility index (Phi) is 18.4. The number of halogens is 2. The SMILES string of the molecule is CC(C)CCN(C)c1nc(C(N)=O)cc(-c2ccccc2)n1.CC(C)CN(C)c1nc(C(N)=O)cc(-c2ccccc2)n1.CCN(CC)c1nc(C(N)=O)cc(-c2c(F)cccc2F)n1. The van der Waals surface area contributed by atoms with E-state index in [1.165, 1.54) is 12.1 Å². The summed E-state index contributed by atoms with van der Waals surface area (Å²) < 4.78 is 27.9. The van der Waals surface area contributed by atoms with E-state index in [1.54, 1.807) is 17.0 Å². The van der Waals surface area contributed by atoms with Crippen LogP contribution in [0.1, 0.15) is 79.4 Å². The number of anilines is 3. The minimum atomic E-state index is -0.784. The molecule has 342 valence electrons. The van der Waals surface area contributed by atoms with Crippen molar-refractivity contribution in [3.63, 3.8) is 0 Å². The number of carbonyl (C=O) groups is 3. The molecule has 6 N–H and O–H groups in total. The molecule has 3 aromatic carbocycles. The molecule has 3 heterocycles. The summed E-state index contributed by atoms with van der Waals surface area (Å²) >= 11 is 0. The molecule has 0 saturated carbocycles. The lowest BCUT2D eigenvalue weighted by atomic mass is 10.1. The number of carbonyl (C=O) groups excluding carboxylic acids is 3. The number of hydrogen-bond donors (Lipinski definition) is 3. The number of amides is 3. The van der Waals surface area contributed by atoms with E-state index in [4.69, 9.17) is 17.2 Å². The van der Waals surface area contributed by atoms with Crippen molar-refractivity contribution in [2.75, 3.05) is 55.0 Å². The summed E-state index contributed by atoms with van der Waals surface area (Å²) in [7, 11) is 3.84. The third-order valence-electron chi connectivity index (χ3n) is 9.67.